The van der Waals surface area contributed by atoms with Gasteiger partial charge in [0.05, 0.1) is 5.69 Å². The highest BCUT2D eigenvalue weighted by Gasteiger charge is 2.05. The first-order chi connectivity index (χ1) is 10.2. The quantitative estimate of drug-likeness (QED) is 0.714. The number of hydrogen-bond acceptors (Lipinski definition) is 3. The smallest absolute Gasteiger partial charge is 0.130 e. The molecule has 0 amide bonds. The highest BCUT2D eigenvalue weighted by Crippen LogP contribution is 2.24. The topological polar surface area (TPSA) is 38.7 Å². The summed E-state index contributed by atoms with van der Waals surface area (Å²) in [6.07, 6.45) is 5.59. The van der Waals surface area contributed by atoms with Crippen molar-refractivity contribution in [2.75, 3.05) is 0 Å². The van der Waals surface area contributed by atoms with E-state index in [1.54, 1.807) is 0 Å². The summed E-state index contributed by atoms with van der Waals surface area (Å²) in [6, 6.07) is 14.2. The van der Waals surface area contributed by atoms with Crippen LogP contribution in [-0.4, -0.2) is 15.0 Å². The van der Waals surface area contributed by atoms with Crippen LogP contribution < -0.4 is 0 Å². The molecule has 3 rings (SSSR count). The predicted molar refractivity (Wildman–Crippen MR) is 84.8 cm³/mol. The Hall–Kier alpha value is -2.55. The third-order valence-corrected chi connectivity index (χ3v) is 3.35. The Morgan fingerprint density at radius 3 is 2.14 bits per heavy atom. The average molecular weight is 275 g/mol. The van der Waals surface area contributed by atoms with E-state index in [1.165, 1.54) is 0 Å². The second-order valence-electron chi connectivity index (χ2n) is 5.28. The molecule has 0 N–H and O–H groups in total. The van der Waals surface area contributed by atoms with E-state index in [1.807, 2.05) is 42.9 Å². The maximum atomic E-state index is 4.44. The van der Waals surface area contributed by atoms with Gasteiger partial charge in [0.1, 0.15) is 5.82 Å². The van der Waals surface area contributed by atoms with Crippen LogP contribution >= 0.6 is 0 Å². The summed E-state index contributed by atoms with van der Waals surface area (Å²) in [5.41, 5.74) is 4.17. The fourth-order valence-electron chi connectivity index (χ4n) is 2.16. The van der Waals surface area contributed by atoms with Crippen molar-refractivity contribution in [2.24, 2.45) is 0 Å². The predicted octanol–water partition coefficient (Wildman–Crippen LogP) is 4.33. The van der Waals surface area contributed by atoms with E-state index in [-0.39, 0.29) is 0 Å². The summed E-state index contributed by atoms with van der Waals surface area (Å²) >= 11 is 0. The maximum Gasteiger partial charge on any atom is 0.130 e. The van der Waals surface area contributed by atoms with Gasteiger partial charge in [-0.25, -0.2) is 9.97 Å². The number of rotatable bonds is 3. The molecule has 0 spiro atoms. The Labute approximate surface area is 124 Å². The molecule has 3 nitrogen and oxygen atoms in total. The molecule has 2 aromatic heterocycles. The molecular weight excluding hydrogens is 258 g/mol. The van der Waals surface area contributed by atoms with Crippen LogP contribution in [0.15, 0.2) is 61.1 Å². The van der Waals surface area contributed by atoms with Crippen molar-refractivity contribution in [1.82, 2.24) is 15.0 Å². The molecule has 0 saturated carbocycles. The summed E-state index contributed by atoms with van der Waals surface area (Å²) in [5.74, 6) is 1.22. The largest absolute Gasteiger partial charge is 0.256 e. The third kappa shape index (κ3) is 2.97. The summed E-state index contributed by atoms with van der Waals surface area (Å²) in [5, 5.41) is 0. The fraction of sp³-hybridized carbons (Fsp3) is 0.167. The van der Waals surface area contributed by atoms with Crippen molar-refractivity contribution >= 4 is 0 Å². The number of hydrogen-bond donors (Lipinski definition) is 0. The lowest BCUT2D eigenvalue weighted by atomic mass is 10.1. The van der Waals surface area contributed by atoms with Crippen molar-refractivity contribution in [3.05, 3.63) is 66.9 Å². The van der Waals surface area contributed by atoms with Crippen LogP contribution in [0.1, 0.15) is 25.6 Å². The van der Waals surface area contributed by atoms with Gasteiger partial charge >= 0.3 is 0 Å². The Morgan fingerprint density at radius 2 is 1.48 bits per heavy atom. The lowest BCUT2D eigenvalue weighted by molar-refractivity contribution is 0.775. The van der Waals surface area contributed by atoms with Gasteiger partial charge < -0.3 is 0 Å². The van der Waals surface area contributed by atoms with E-state index in [9.17, 15) is 0 Å². The molecule has 0 aliphatic rings. The van der Waals surface area contributed by atoms with Crippen molar-refractivity contribution in [3.8, 4) is 22.4 Å². The normalized spacial score (nSPS) is 10.8. The van der Waals surface area contributed by atoms with Crippen LogP contribution in [0.4, 0.5) is 0 Å². The van der Waals surface area contributed by atoms with Crippen molar-refractivity contribution in [3.63, 3.8) is 0 Å². The fourth-order valence-corrected chi connectivity index (χ4v) is 2.16. The number of benzene rings is 1. The Bertz CT molecular complexity index is 719. The number of nitrogens with zero attached hydrogens (tertiary/aromatic N) is 3. The maximum absolute atomic E-state index is 4.44. The minimum absolute atomic E-state index is 0.344. The molecule has 0 aliphatic heterocycles. The molecule has 0 unspecified atom stereocenters. The van der Waals surface area contributed by atoms with Crippen molar-refractivity contribution in [1.29, 1.82) is 0 Å². The highest BCUT2D eigenvalue weighted by molar-refractivity contribution is 5.69. The van der Waals surface area contributed by atoms with Gasteiger partial charge in [-0.1, -0.05) is 44.2 Å². The van der Waals surface area contributed by atoms with Crippen LogP contribution in [0.3, 0.4) is 0 Å². The number of aromatic nitrogens is 3. The van der Waals surface area contributed by atoms with Gasteiger partial charge in [-0.2, -0.15) is 0 Å². The van der Waals surface area contributed by atoms with Crippen molar-refractivity contribution < 1.29 is 0 Å². The van der Waals surface area contributed by atoms with Gasteiger partial charge in [-0.15, -0.1) is 0 Å². The molecule has 0 fully saturated rings. The molecule has 3 aromatic rings. The minimum atomic E-state index is 0.344. The molecule has 2 heterocycles. The monoisotopic (exact) mass is 275 g/mol. The van der Waals surface area contributed by atoms with Crippen molar-refractivity contribution in [2.45, 2.75) is 19.8 Å². The van der Waals surface area contributed by atoms with E-state index >= 15 is 0 Å². The van der Waals surface area contributed by atoms with Gasteiger partial charge in [0, 0.05) is 35.6 Å². The molecule has 0 atom stereocenters. The van der Waals surface area contributed by atoms with E-state index in [0.29, 0.717) is 5.92 Å². The molecule has 0 bridgehead atoms. The van der Waals surface area contributed by atoms with Gasteiger partial charge in [0.15, 0.2) is 0 Å². The first kappa shape index (κ1) is 13.4. The first-order valence-electron chi connectivity index (χ1n) is 7.08. The zero-order valence-electron chi connectivity index (χ0n) is 12.2. The summed E-state index contributed by atoms with van der Waals surface area (Å²) < 4.78 is 0. The zero-order valence-corrected chi connectivity index (χ0v) is 12.2. The highest BCUT2D eigenvalue weighted by atomic mass is 14.9. The summed E-state index contributed by atoms with van der Waals surface area (Å²) in [4.78, 5) is 13.3. The average Bonchev–Trinajstić information content (AvgIpc) is 2.56. The lowest BCUT2D eigenvalue weighted by Gasteiger charge is -2.07. The molecule has 21 heavy (non-hydrogen) atoms. The second-order valence-corrected chi connectivity index (χ2v) is 5.28. The minimum Gasteiger partial charge on any atom is -0.256 e. The zero-order chi connectivity index (χ0) is 14.7. The SMILES string of the molecule is CC(C)c1ncc(-c2ccnc(-c3ccccc3)c2)cn1. The molecular formula is C18H17N3. The van der Waals surface area contributed by atoms with E-state index in [4.69, 9.17) is 0 Å². The van der Waals surface area contributed by atoms with Crippen LogP contribution in [0.25, 0.3) is 22.4 Å². The summed E-state index contributed by atoms with van der Waals surface area (Å²) in [6.45, 7) is 4.18. The molecule has 104 valence electrons. The van der Waals surface area contributed by atoms with Crippen LogP contribution in [0.2, 0.25) is 0 Å². The van der Waals surface area contributed by atoms with E-state index < -0.39 is 0 Å². The standard InChI is InChI=1S/C18H17N3/c1-13(2)18-20-11-16(12-21-18)15-8-9-19-17(10-15)14-6-4-3-5-7-14/h3-13H,1-2H3. The summed E-state index contributed by atoms with van der Waals surface area (Å²) in [7, 11) is 0. The van der Waals surface area contributed by atoms with Gasteiger partial charge in [0.25, 0.3) is 0 Å². The Morgan fingerprint density at radius 1 is 0.762 bits per heavy atom. The van der Waals surface area contributed by atoms with Gasteiger partial charge in [-0.05, 0) is 17.7 Å². The molecule has 1 aromatic carbocycles. The molecule has 0 aliphatic carbocycles. The first-order valence-corrected chi connectivity index (χ1v) is 7.08. The third-order valence-electron chi connectivity index (χ3n) is 3.35. The molecule has 3 heteroatoms. The number of pyridine rings is 1. The van der Waals surface area contributed by atoms with Crippen LogP contribution in [0.5, 0.6) is 0 Å². The Balaban J connectivity index is 1.96. The Kier molecular flexibility index (Phi) is 3.73. The van der Waals surface area contributed by atoms with Gasteiger partial charge in [0.2, 0.25) is 0 Å². The van der Waals surface area contributed by atoms with Gasteiger partial charge in [-0.3, -0.25) is 4.98 Å². The molecule has 0 saturated heterocycles. The van der Waals surface area contributed by atoms with Crippen LogP contribution in [0, 0.1) is 0 Å². The van der Waals surface area contributed by atoms with Crippen LogP contribution in [-0.2, 0) is 0 Å². The van der Waals surface area contributed by atoms with E-state index in [0.717, 1.165) is 28.2 Å². The molecule has 0 radical (unpaired) electrons. The van der Waals surface area contributed by atoms with E-state index in [2.05, 4.69) is 47.0 Å². The second kappa shape index (κ2) is 5.83. The lowest BCUT2D eigenvalue weighted by Crippen LogP contribution is -1.96.